The van der Waals surface area contributed by atoms with Gasteiger partial charge in [-0.25, -0.2) is 15.0 Å². The molecule has 0 saturated heterocycles. The van der Waals surface area contributed by atoms with Gasteiger partial charge in [0.2, 0.25) is 0 Å². The van der Waals surface area contributed by atoms with Crippen LogP contribution >= 0.6 is 34.2 Å². The normalized spacial score (nSPS) is 10.9. The van der Waals surface area contributed by atoms with E-state index in [-0.39, 0.29) is 0 Å². The van der Waals surface area contributed by atoms with Gasteiger partial charge in [-0.15, -0.1) is 0 Å². The molecule has 2 rings (SSSR count). The third-order valence-electron chi connectivity index (χ3n) is 2.65. The molecule has 2 heterocycles. The molecule has 0 aliphatic carbocycles. The third-order valence-corrected chi connectivity index (χ3v) is 4.37. The fourth-order valence-electron chi connectivity index (χ4n) is 1.74. The van der Waals surface area contributed by atoms with Gasteiger partial charge in [-0.3, -0.25) is 0 Å². The Labute approximate surface area is 125 Å². The molecule has 0 aliphatic heterocycles. The number of hydrogen-bond donors (Lipinski definition) is 0. The van der Waals surface area contributed by atoms with Crippen molar-refractivity contribution in [1.82, 2.24) is 19.5 Å². The van der Waals surface area contributed by atoms with Crippen molar-refractivity contribution in [2.45, 2.75) is 33.2 Å². The maximum absolute atomic E-state index is 6.18. The standard InChI is InChI=1S/C12H14ClIN4/c1-3-5-8-10(14)11(13)17-12(16-8)9-6-15-7-18(9)4-2/h6-7H,3-5H2,1-2H3. The van der Waals surface area contributed by atoms with E-state index in [0.717, 1.165) is 34.3 Å². The molecule has 2 aromatic heterocycles. The van der Waals surface area contributed by atoms with E-state index in [1.165, 1.54) is 0 Å². The summed E-state index contributed by atoms with van der Waals surface area (Å²) in [5.41, 5.74) is 1.92. The molecule has 96 valence electrons. The molecule has 0 radical (unpaired) electrons. The first-order valence-electron chi connectivity index (χ1n) is 5.89. The second-order valence-electron chi connectivity index (χ2n) is 3.91. The molecule has 0 aliphatic rings. The maximum atomic E-state index is 6.18. The van der Waals surface area contributed by atoms with Crippen LogP contribution in [-0.4, -0.2) is 19.5 Å². The van der Waals surface area contributed by atoms with Crippen molar-refractivity contribution in [3.8, 4) is 11.5 Å². The number of halogens is 2. The number of nitrogens with zero attached hydrogens (tertiary/aromatic N) is 4. The Morgan fingerprint density at radius 2 is 2.11 bits per heavy atom. The van der Waals surface area contributed by atoms with E-state index >= 15 is 0 Å². The first-order valence-corrected chi connectivity index (χ1v) is 7.35. The van der Waals surface area contributed by atoms with Crippen LogP contribution in [0.4, 0.5) is 0 Å². The quantitative estimate of drug-likeness (QED) is 0.605. The minimum absolute atomic E-state index is 0.521. The predicted octanol–water partition coefficient (Wildman–Crippen LogP) is 3.57. The second-order valence-corrected chi connectivity index (χ2v) is 5.35. The molecule has 0 amide bonds. The summed E-state index contributed by atoms with van der Waals surface area (Å²) in [5.74, 6) is 0.656. The molecule has 4 nitrogen and oxygen atoms in total. The van der Waals surface area contributed by atoms with Crippen molar-refractivity contribution in [1.29, 1.82) is 0 Å². The minimum Gasteiger partial charge on any atom is -0.328 e. The first-order chi connectivity index (χ1) is 8.67. The molecule has 18 heavy (non-hydrogen) atoms. The minimum atomic E-state index is 0.521. The first kappa shape index (κ1) is 13.7. The number of rotatable bonds is 4. The van der Waals surface area contributed by atoms with E-state index in [4.69, 9.17) is 11.6 Å². The summed E-state index contributed by atoms with van der Waals surface area (Å²) in [6.45, 7) is 5.03. The topological polar surface area (TPSA) is 43.6 Å². The third kappa shape index (κ3) is 2.66. The highest BCUT2D eigenvalue weighted by atomic mass is 127. The summed E-state index contributed by atoms with van der Waals surface area (Å²) in [5, 5.41) is 0.521. The van der Waals surface area contributed by atoms with E-state index in [2.05, 4.69) is 51.4 Å². The van der Waals surface area contributed by atoms with Crippen LogP contribution in [0.25, 0.3) is 11.5 Å². The second kappa shape index (κ2) is 5.97. The van der Waals surface area contributed by atoms with E-state index in [1.54, 1.807) is 12.5 Å². The van der Waals surface area contributed by atoms with Crippen molar-refractivity contribution in [3.63, 3.8) is 0 Å². The fourth-order valence-corrected chi connectivity index (χ4v) is 2.44. The van der Waals surface area contributed by atoms with Crippen LogP contribution in [0.1, 0.15) is 26.0 Å². The Morgan fingerprint density at radius 1 is 1.33 bits per heavy atom. The molecule has 0 spiro atoms. The number of imidazole rings is 1. The highest BCUT2D eigenvalue weighted by Gasteiger charge is 2.13. The van der Waals surface area contributed by atoms with Gasteiger partial charge in [0.25, 0.3) is 0 Å². The lowest BCUT2D eigenvalue weighted by Crippen LogP contribution is -2.04. The smallest absolute Gasteiger partial charge is 0.179 e. The van der Waals surface area contributed by atoms with Gasteiger partial charge in [-0.2, -0.15) is 0 Å². The van der Waals surface area contributed by atoms with Gasteiger partial charge in [-0.05, 0) is 35.9 Å². The highest BCUT2D eigenvalue weighted by Crippen LogP contribution is 2.24. The molecule has 0 atom stereocenters. The average molecular weight is 377 g/mol. The molecular formula is C12H14ClIN4. The van der Waals surface area contributed by atoms with Crippen LogP contribution in [-0.2, 0) is 13.0 Å². The van der Waals surface area contributed by atoms with E-state index in [1.807, 2.05) is 4.57 Å². The molecule has 6 heteroatoms. The zero-order chi connectivity index (χ0) is 13.1. The van der Waals surface area contributed by atoms with Gasteiger partial charge in [0.15, 0.2) is 5.82 Å². The Hall–Kier alpha value is -0.690. The molecule has 2 aromatic rings. The molecule has 0 unspecified atom stereocenters. The van der Waals surface area contributed by atoms with Gasteiger partial charge < -0.3 is 4.57 Å². The lowest BCUT2D eigenvalue weighted by molar-refractivity contribution is 0.761. The van der Waals surface area contributed by atoms with Gasteiger partial charge >= 0.3 is 0 Å². The summed E-state index contributed by atoms with van der Waals surface area (Å²) in [6, 6.07) is 0. The molecule has 0 N–H and O–H groups in total. The summed E-state index contributed by atoms with van der Waals surface area (Å²) in [6.07, 6.45) is 5.51. The van der Waals surface area contributed by atoms with Gasteiger partial charge in [0, 0.05) is 6.54 Å². The molecule has 0 saturated carbocycles. The van der Waals surface area contributed by atoms with Crippen molar-refractivity contribution in [2.24, 2.45) is 0 Å². The maximum Gasteiger partial charge on any atom is 0.179 e. The van der Waals surface area contributed by atoms with E-state index in [9.17, 15) is 0 Å². The van der Waals surface area contributed by atoms with Crippen molar-refractivity contribution < 1.29 is 0 Å². The van der Waals surface area contributed by atoms with Crippen molar-refractivity contribution in [3.05, 3.63) is 26.9 Å². The zero-order valence-corrected chi connectivity index (χ0v) is 13.2. The van der Waals surface area contributed by atoms with Gasteiger partial charge in [0.1, 0.15) is 10.8 Å². The Morgan fingerprint density at radius 3 is 2.78 bits per heavy atom. The van der Waals surface area contributed by atoms with Crippen LogP contribution < -0.4 is 0 Å². The summed E-state index contributed by atoms with van der Waals surface area (Å²) < 4.78 is 2.95. The monoisotopic (exact) mass is 376 g/mol. The summed E-state index contributed by atoms with van der Waals surface area (Å²) in [7, 11) is 0. The number of aryl methyl sites for hydroxylation is 2. The number of hydrogen-bond acceptors (Lipinski definition) is 3. The summed E-state index contributed by atoms with van der Waals surface area (Å²) >= 11 is 8.38. The van der Waals surface area contributed by atoms with Crippen molar-refractivity contribution in [2.75, 3.05) is 0 Å². The van der Waals surface area contributed by atoms with Crippen LogP contribution in [0.15, 0.2) is 12.5 Å². The lowest BCUT2D eigenvalue weighted by Gasteiger charge is -2.08. The van der Waals surface area contributed by atoms with Gasteiger partial charge in [-0.1, -0.05) is 24.9 Å². The lowest BCUT2D eigenvalue weighted by atomic mass is 10.2. The van der Waals surface area contributed by atoms with Crippen LogP contribution in [0.3, 0.4) is 0 Å². The van der Waals surface area contributed by atoms with Crippen LogP contribution in [0.5, 0.6) is 0 Å². The Balaban J connectivity index is 2.52. The van der Waals surface area contributed by atoms with Gasteiger partial charge in [0.05, 0.1) is 21.8 Å². The largest absolute Gasteiger partial charge is 0.328 e. The van der Waals surface area contributed by atoms with E-state index in [0.29, 0.717) is 11.0 Å². The average Bonchev–Trinajstić information content (AvgIpc) is 2.83. The van der Waals surface area contributed by atoms with Crippen LogP contribution in [0.2, 0.25) is 5.15 Å². The zero-order valence-electron chi connectivity index (χ0n) is 10.3. The highest BCUT2D eigenvalue weighted by molar-refractivity contribution is 14.1. The Bertz CT molecular complexity index is 553. The molecular weight excluding hydrogens is 363 g/mol. The predicted molar refractivity (Wildman–Crippen MR) is 80.6 cm³/mol. The molecule has 0 fully saturated rings. The SMILES string of the molecule is CCCc1nc(-c2cncn2CC)nc(Cl)c1I. The summed E-state index contributed by atoms with van der Waals surface area (Å²) in [4.78, 5) is 13.1. The van der Waals surface area contributed by atoms with Crippen LogP contribution in [0, 0.1) is 3.57 Å². The van der Waals surface area contributed by atoms with E-state index < -0.39 is 0 Å². The Kier molecular flexibility index (Phi) is 4.55. The number of aromatic nitrogens is 4. The van der Waals surface area contributed by atoms with Crippen molar-refractivity contribution >= 4 is 34.2 Å². The fraction of sp³-hybridized carbons (Fsp3) is 0.417. The molecule has 0 aromatic carbocycles. The molecule has 0 bridgehead atoms.